The molecule has 0 atom stereocenters. The first-order valence-electron chi connectivity index (χ1n) is 10.6. The van der Waals surface area contributed by atoms with Gasteiger partial charge in [0.25, 0.3) is 0 Å². The molecule has 4 rings (SSSR count). The average molecular weight is 421 g/mol. The molecular formula is C28H24N2O2. The second-order valence-corrected chi connectivity index (χ2v) is 7.43. The van der Waals surface area contributed by atoms with Crippen molar-refractivity contribution in [3.63, 3.8) is 0 Å². The van der Waals surface area contributed by atoms with Gasteiger partial charge < -0.3 is 5.11 Å². The molecule has 0 unspecified atom stereocenters. The lowest BCUT2D eigenvalue weighted by molar-refractivity contribution is -0.131. The monoisotopic (exact) mass is 420 g/mol. The quantitative estimate of drug-likeness (QED) is 0.263. The molecule has 0 bridgehead atoms. The van der Waals surface area contributed by atoms with Crippen LogP contribution in [0.1, 0.15) is 35.6 Å². The second-order valence-electron chi connectivity index (χ2n) is 7.43. The highest BCUT2D eigenvalue weighted by Gasteiger charge is 2.13. The molecule has 0 saturated heterocycles. The molecule has 0 aliphatic rings. The highest BCUT2D eigenvalue weighted by Crippen LogP contribution is 2.35. The third kappa shape index (κ3) is 4.76. The molecule has 0 aliphatic carbocycles. The number of rotatable bonds is 7. The number of nitrogens with zero attached hydrogens (tertiary/aromatic N) is 1. The van der Waals surface area contributed by atoms with Crippen LogP contribution in [-0.2, 0) is 4.79 Å². The van der Waals surface area contributed by atoms with Gasteiger partial charge in [0.2, 0.25) is 0 Å². The number of hydrogen-bond donors (Lipinski definition) is 2. The van der Waals surface area contributed by atoms with Crippen molar-refractivity contribution in [2.45, 2.75) is 13.3 Å². The fourth-order valence-electron chi connectivity index (χ4n) is 3.85. The van der Waals surface area contributed by atoms with E-state index in [2.05, 4.69) is 77.8 Å². The molecule has 1 aromatic heterocycles. The fraction of sp³-hybridized carbons (Fsp3) is 0.0714. The largest absolute Gasteiger partial charge is 0.478 e. The van der Waals surface area contributed by atoms with Crippen LogP contribution in [0.3, 0.4) is 0 Å². The zero-order chi connectivity index (χ0) is 22.3. The third-order valence-electron chi connectivity index (χ3n) is 5.40. The standard InChI is InChI=1S/C28H24N2O2/c1-2-26(22-6-4-3-5-7-22)28(23-11-8-20(9-12-23)10-17-27(31)32)24-15-13-21(14-16-24)25-18-29-30-19-25/h3-19H,2H2,1H3,(H,29,30)(H,31,32)/b17-10+,28-26+. The zero-order valence-corrected chi connectivity index (χ0v) is 17.8. The molecule has 4 heteroatoms. The van der Waals surface area contributed by atoms with Crippen LogP contribution < -0.4 is 0 Å². The van der Waals surface area contributed by atoms with E-state index in [0.29, 0.717) is 0 Å². The van der Waals surface area contributed by atoms with Gasteiger partial charge >= 0.3 is 5.97 Å². The SMILES string of the molecule is CC/C(=C(/c1ccc(/C=C/C(=O)O)cc1)c1ccc(-c2cn[nH]c2)cc1)c1ccccc1. The summed E-state index contributed by atoms with van der Waals surface area (Å²) in [4.78, 5) is 10.8. The Morgan fingerprint density at radius 3 is 2.09 bits per heavy atom. The number of aromatic amines is 1. The van der Waals surface area contributed by atoms with Gasteiger partial charge in [-0.2, -0.15) is 5.10 Å². The van der Waals surface area contributed by atoms with Gasteiger partial charge in [-0.1, -0.05) is 85.8 Å². The first-order chi connectivity index (χ1) is 15.7. The summed E-state index contributed by atoms with van der Waals surface area (Å²) in [6.07, 6.45) is 7.34. The molecule has 4 aromatic rings. The number of carbonyl (C=O) groups is 1. The van der Waals surface area contributed by atoms with Gasteiger partial charge in [0.05, 0.1) is 6.20 Å². The predicted octanol–water partition coefficient (Wildman–Crippen LogP) is 6.54. The van der Waals surface area contributed by atoms with Crippen molar-refractivity contribution in [1.82, 2.24) is 10.2 Å². The van der Waals surface area contributed by atoms with Crippen molar-refractivity contribution in [2.75, 3.05) is 0 Å². The van der Waals surface area contributed by atoms with Gasteiger partial charge in [0.1, 0.15) is 0 Å². The van der Waals surface area contributed by atoms with Crippen molar-refractivity contribution in [2.24, 2.45) is 0 Å². The summed E-state index contributed by atoms with van der Waals surface area (Å²) in [6, 6.07) is 27.0. The molecule has 4 nitrogen and oxygen atoms in total. The molecule has 32 heavy (non-hydrogen) atoms. The average Bonchev–Trinajstić information content (AvgIpc) is 3.37. The Balaban J connectivity index is 1.82. The van der Waals surface area contributed by atoms with Crippen LogP contribution in [0.5, 0.6) is 0 Å². The van der Waals surface area contributed by atoms with Crippen molar-refractivity contribution in [1.29, 1.82) is 0 Å². The Hall–Kier alpha value is -4.18. The summed E-state index contributed by atoms with van der Waals surface area (Å²) in [6.45, 7) is 2.17. The van der Waals surface area contributed by atoms with E-state index in [4.69, 9.17) is 5.11 Å². The normalized spacial score (nSPS) is 12.0. The molecule has 0 fully saturated rings. The van der Waals surface area contributed by atoms with E-state index < -0.39 is 5.97 Å². The van der Waals surface area contributed by atoms with Crippen molar-refractivity contribution < 1.29 is 9.90 Å². The molecule has 0 spiro atoms. The topological polar surface area (TPSA) is 66.0 Å². The van der Waals surface area contributed by atoms with E-state index in [0.717, 1.165) is 40.3 Å². The highest BCUT2D eigenvalue weighted by molar-refractivity contribution is 5.99. The Morgan fingerprint density at radius 1 is 0.875 bits per heavy atom. The van der Waals surface area contributed by atoms with Crippen LogP contribution in [0.25, 0.3) is 28.3 Å². The van der Waals surface area contributed by atoms with E-state index in [1.54, 1.807) is 6.08 Å². The maximum absolute atomic E-state index is 10.8. The Kier molecular flexibility index (Phi) is 6.42. The number of nitrogens with one attached hydrogen (secondary N) is 1. The van der Waals surface area contributed by atoms with E-state index in [9.17, 15) is 4.79 Å². The zero-order valence-electron chi connectivity index (χ0n) is 17.8. The number of H-pyrrole nitrogens is 1. The molecule has 158 valence electrons. The van der Waals surface area contributed by atoms with Crippen LogP contribution in [0.15, 0.2) is 97.3 Å². The number of aliphatic carboxylic acids is 1. The minimum absolute atomic E-state index is 0.851. The fourth-order valence-corrected chi connectivity index (χ4v) is 3.85. The van der Waals surface area contributed by atoms with Crippen LogP contribution in [-0.4, -0.2) is 21.3 Å². The number of carboxylic acid groups (broad SMARTS) is 1. The van der Waals surface area contributed by atoms with Crippen LogP contribution in [0.2, 0.25) is 0 Å². The number of hydrogen-bond acceptors (Lipinski definition) is 2. The molecule has 1 heterocycles. The van der Waals surface area contributed by atoms with E-state index in [1.807, 2.05) is 30.6 Å². The first-order valence-corrected chi connectivity index (χ1v) is 10.6. The number of benzene rings is 3. The van der Waals surface area contributed by atoms with Gasteiger partial charge in [-0.15, -0.1) is 0 Å². The van der Waals surface area contributed by atoms with E-state index in [-0.39, 0.29) is 0 Å². The van der Waals surface area contributed by atoms with Crippen molar-refractivity contribution in [3.8, 4) is 11.1 Å². The summed E-state index contributed by atoms with van der Waals surface area (Å²) in [5.41, 5.74) is 8.86. The summed E-state index contributed by atoms with van der Waals surface area (Å²) in [5, 5.41) is 15.8. The summed E-state index contributed by atoms with van der Waals surface area (Å²) >= 11 is 0. The third-order valence-corrected chi connectivity index (χ3v) is 5.40. The van der Waals surface area contributed by atoms with Gasteiger partial charge in [0.15, 0.2) is 0 Å². The second kappa shape index (κ2) is 9.75. The van der Waals surface area contributed by atoms with Crippen LogP contribution in [0.4, 0.5) is 0 Å². The lowest BCUT2D eigenvalue weighted by Crippen LogP contribution is -1.95. The van der Waals surface area contributed by atoms with Crippen molar-refractivity contribution >= 4 is 23.2 Å². The summed E-state index contributed by atoms with van der Waals surface area (Å²) < 4.78 is 0. The molecule has 0 aliphatic heterocycles. The Labute approximate surface area is 187 Å². The lowest BCUT2D eigenvalue weighted by Gasteiger charge is -2.17. The molecule has 0 saturated carbocycles. The number of aromatic nitrogens is 2. The van der Waals surface area contributed by atoms with Gasteiger partial charge in [-0.25, -0.2) is 4.79 Å². The molecule has 0 radical (unpaired) electrons. The minimum atomic E-state index is -0.954. The molecule has 0 amide bonds. The maximum atomic E-state index is 10.8. The number of allylic oxidation sites excluding steroid dienone is 1. The Morgan fingerprint density at radius 2 is 1.53 bits per heavy atom. The van der Waals surface area contributed by atoms with Crippen LogP contribution in [0, 0.1) is 0 Å². The van der Waals surface area contributed by atoms with E-state index in [1.165, 1.54) is 16.7 Å². The predicted molar refractivity (Wildman–Crippen MR) is 130 cm³/mol. The van der Waals surface area contributed by atoms with Gasteiger partial charge in [0, 0.05) is 17.8 Å². The summed E-state index contributed by atoms with van der Waals surface area (Å²) in [7, 11) is 0. The molecular weight excluding hydrogens is 396 g/mol. The highest BCUT2D eigenvalue weighted by atomic mass is 16.4. The molecule has 3 aromatic carbocycles. The lowest BCUT2D eigenvalue weighted by atomic mass is 9.87. The minimum Gasteiger partial charge on any atom is -0.478 e. The molecule has 2 N–H and O–H groups in total. The van der Waals surface area contributed by atoms with Crippen LogP contribution >= 0.6 is 0 Å². The maximum Gasteiger partial charge on any atom is 0.328 e. The van der Waals surface area contributed by atoms with Gasteiger partial charge in [-0.05, 0) is 51.5 Å². The number of carboxylic acids is 1. The van der Waals surface area contributed by atoms with E-state index >= 15 is 0 Å². The summed E-state index contributed by atoms with van der Waals surface area (Å²) in [5.74, 6) is -0.954. The van der Waals surface area contributed by atoms with Gasteiger partial charge in [-0.3, -0.25) is 5.10 Å². The smallest absolute Gasteiger partial charge is 0.328 e. The Bertz CT molecular complexity index is 1240. The first kappa shape index (κ1) is 21.1. The van der Waals surface area contributed by atoms with Crippen molar-refractivity contribution in [3.05, 3.63) is 120 Å².